The summed E-state index contributed by atoms with van der Waals surface area (Å²) in [5, 5.41) is 0.954. The van der Waals surface area contributed by atoms with Gasteiger partial charge in [-0.15, -0.1) is 0 Å². The molecule has 0 bridgehead atoms. The third kappa shape index (κ3) is 1.59. The summed E-state index contributed by atoms with van der Waals surface area (Å²) in [5.74, 6) is -0.431. The molecule has 15 heavy (non-hydrogen) atoms. The van der Waals surface area contributed by atoms with Crippen molar-refractivity contribution in [3.05, 3.63) is 36.0 Å². The Labute approximate surface area is 87.0 Å². The molecule has 1 aromatic heterocycles. The molecule has 78 valence electrons. The Balaban J connectivity index is 2.48. The van der Waals surface area contributed by atoms with Crippen molar-refractivity contribution in [3.8, 4) is 0 Å². The van der Waals surface area contributed by atoms with Crippen molar-refractivity contribution in [2.45, 2.75) is 6.04 Å². The largest absolute Gasteiger partial charge is 0.468 e. The number of benzene rings is 1. The summed E-state index contributed by atoms with van der Waals surface area (Å²) in [5.41, 5.74) is 7.49. The zero-order valence-corrected chi connectivity index (χ0v) is 8.36. The Morgan fingerprint density at radius 3 is 2.93 bits per heavy atom. The highest BCUT2D eigenvalue weighted by Crippen LogP contribution is 2.23. The lowest BCUT2D eigenvalue weighted by molar-refractivity contribution is -0.142. The van der Waals surface area contributed by atoms with E-state index in [0.717, 1.165) is 16.5 Å². The van der Waals surface area contributed by atoms with Crippen LogP contribution in [0.4, 0.5) is 0 Å². The van der Waals surface area contributed by atoms with Crippen LogP contribution in [0.3, 0.4) is 0 Å². The molecule has 0 spiro atoms. The number of ether oxygens (including phenoxy) is 1. The molecule has 0 amide bonds. The van der Waals surface area contributed by atoms with Gasteiger partial charge in [0.25, 0.3) is 0 Å². The number of hydrogen-bond acceptors (Lipinski definition) is 3. The number of carbonyl (C=O) groups excluding carboxylic acids is 1. The van der Waals surface area contributed by atoms with Crippen LogP contribution < -0.4 is 5.73 Å². The number of nitrogens with two attached hydrogens (primary N) is 1. The van der Waals surface area contributed by atoms with Crippen molar-refractivity contribution in [2.75, 3.05) is 7.11 Å². The smallest absolute Gasteiger partial charge is 0.327 e. The van der Waals surface area contributed by atoms with Gasteiger partial charge in [-0.1, -0.05) is 18.2 Å². The summed E-state index contributed by atoms with van der Waals surface area (Å²) in [6.07, 6.45) is 1.74. The summed E-state index contributed by atoms with van der Waals surface area (Å²) in [4.78, 5) is 14.4. The second-order valence-corrected chi connectivity index (χ2v) is 3.29. The number of nitrogens with one attached hydrogen (secondary N) is 1. The summed E-state index contributed by atoms with van der Waals surface area (Å²) >= 11 is 0. The Bertz CT molecular complexity index is 490. The average Bonchev–Trinajstić information content (AvgIpc) is 2.70. The van der Waals surface area contributed by atoms with Crippen molar-refractivity contribution in [1.29, 1.82) is 0 Å². The quantitative estimate of drug-likeness (QED) is 0.725. The first kappa shape index (κ1) is 9.73. The van der Waals surface area contributed by atoms with Gasteiger partial charge < -0.3 is 15.5 Å². The van der Waals surface area contributed by atoms with Gasteiger partial charge in [-0.3, -0.25) is 4.79 Å². The molecule has 0 aliphatic heterocycles. The molecular weight excluding hydrogens is 192 g/mol. The molecule has 0 aliphatic carbocycles. The van der Waals surface area contributed by atoms with Gasteiger partial charge in [-0.2, -0.15) is 0 Å². The van der Waals surface area contributed by atoms with E-state index in [4.69, 9.17) is 5.73 Å². The monoisotopic (exact) mass is 204 g/mol. The van der Waals surface area contributed by atoms with Gasteiger partial charge in [0.15, 0.2) is 0 Å². The van der Waals surface area contributed by atoms with Gasteiger partial charge >= 0.3 is 5.97 Å². The Hall–Kier alpha value is -1.81. The van der Waals surface area contributed by atoms with Gasteiger partial charge in [0.2, 0.25) is 0 Å². The Morgan fingerprint density at radius 2 is 2.20 bits per heavy atom. The maximum Gasteiger partial charge on any atom is 0.327 e. The number of carbonyl (C=O) groups is 1. The van der Waals surface area contributed by atoms with Crippen molar-refractivity contribution in [2.24, 2.45) is 5.73 Å². The van der Waals surface area contributed by atoms with E-state index < -0.39 is 12.0 Å². The van der Waals surface area contributed by atoms with E-state index in [1.54, 1.807) is 6.20 Å². The molecule has 4 heteroatoms. The van der Waals surface area contributed by atoms with E-state index in [0.29, 0.717) is 0 Å². The lowest BCUT2D eigenvalue weighted by Gasteiger charge is -2.07. The third-order valence-corrected chi connectivity index (χ3v) is 2.41. The maximum atomic E-state index is 11.3. The number of rotatable bonds is 2. The predicted molar refractivity (Wildman–Crippen MR) is 57.2 cm³/mol. The molecule has 0 aliphatic rings. The highest BCUT2D eigenvalue weighted by Gasteiger charge is 2.19. The maximum absolute atomic E-state index is 11.3. The lowest BCUT2D eigenvalue weighted by atomic mass is 10.1. The van der Waals surface area contributed by atoms with Crippen LogP contribution in [0.1, 0.15) is 11.6 Å². The van der Waals surface area contributed by atoms with Crippen molar-refractivity contribution >= 4 is 16.9 Å². The molecule has 1 heterocycles. The average molecular weight is 204 g/mol. The van der Waals surface area contributed by atoms with Crippen LogP contribution in [-0.4, -0.2) is 18.1 Å². The number of fused-ring (bicyclic) bond motifs is 1. The number of aromatic amines is 1. The third-order valence-electron chi connectivity index (χ3n) is 2.41. The zero-order chi connectivity index (χ0) is 10.8. The molecule has 0 saturated carbocycles. The van der Waals surface area contributed by atoms with Crippen LogP contribution in [0.5, 0.6) is 0 Å². The van der Waals surface area contributed by atoms with E-state index in [-0.39, 0.29) is 0 Å². The summed E-state index contributed by atoms with van der Waals surface area (Å²) < 4.78 is 4.61. The lowest BCUT2D eigenvalue weighted by Crippen LogP contribution is -2.22. The Morgan fingerprint density at radius 1 is 1.47 bits per heavy atom. The van der Waals surface area contributed by atoms with E-state index in [1.807, 2.05) is 24.3 Å². The molecular formula is C11H12N2O2. The topological polar surface area (TPSA) is 68.1 Å². The highest BCUT2D eigenvalue weighted by molar-refractivity contribution is 5.89. The molecule has 4 nitrogen and oxygen atoms in total. The van der Waals surface area contributed by atoms with Gasteiger partial charge in [0.05, 0.1) is 7.11 Å². The standard InChI is InChI=1S/C11H12N2O2/c1-15-11(14)10(12)8-6-13-9-5-3-2-4-7(8)9/h2-6,10,13H,12H2,1H3. The van der Waals surface area contributed by atoms with Gasteiger partial charge in [0.1, 0.15) is 6.04 Å². The minimum atomic E-state index is -0.730. The number of H-pyrrole nitrogens is 1. The number of hydrogen-bond donors (Lipinski definition) is 2. The van der Waals surface area contributed by atoms with Crippen LogP contribution in [0.25, 0.3) is 10.9 Å². The second-order valence-electron chi connectivity index (χ2n) is 3.29. The fourth-order valence-corrected chi connectivity index (χ4v) is 1.61. The fraction of sp³-hybridized carbons (Fsp3) is 0.182. The molecule has 1 unspecified atom stereocenters. The molecule has 1 atom stereocenters. The number of aromatic nitrogens is 1. The molecule has 3 N–H and O–H groups in total. The zero-order valence-electron chi connectivity index (χ0n) is 8.36. The molecule has 0 radical (unpaired) electrons. The molecule has 1 aromatic carbocycles. The molecule has 0 saturated heterocycles. The second kappa shape index (κ2) is 3.74. The fourth-order valence-electron chi connectivity index (χ4n) is 1.61. The minimum absolute atomic E-state index is 0.431. The van der Waals surface area contributed by atoms with Crippen molar-refractivity contribution in [1.82, 2.24) is 4.98 Å². The molecule has 2 aromatic rings. The summed E-state index contributed by atoms with van der Waals surface area (Å²) in [7, 11) is 1.33. The van der Waals surface area contributed by atoms with Gasteiger partial charge in [0, 0.05) is 22.7 Å². The first-order valence-electron chi connectivity index (χ1n) is 4.63. The van der Waals surface area contributed by atoms with Crippen LogP contribution >= 0.6 is 0 Å². The van der Waals surface area contributed by atoms with Crippen LogP contribution in [-0.2, 0) is 9.53 Å². The van der Waals surface area contributed by atoms with Crippen LogP contribution in [0.2, 0.25) is 0 Å². The first-order valence-corrected chi connectivity index (χ1v) is 4.63. The van der Waals surface area contributed by atoms with E-state index in [9.17, 15) is 4.79 Å². The molecule has 0 fully saturated rings. The van der Waals surface area contributed by atoms with Crippen LogP contribution in [0.15, 0.2) is 30.5 Å². The van der Waals surface area contributed by atoms with E-state index in [2.05, 4.69) is 9.72 Å². The molecule has 2 rings (SSSR count). The van der Waals surface area contributed by atoms with Gasteiger partial charge in [-0.25, -0.2) is 0 Å². The number of esters is 1. The van der Waals surface area contributed by atoms with Crippen molar-refractivity contribution < 1.29 is 9.53 Å². The van der Waals surface area contributed by atoms with E-state index in [1.165, 1.54) is 7.11 Å². The Kier molecular flexibility index (Phi) is 2.43. The normalized spacial score (nSPS) is 12.7. The van der Waals surface area contributed by atoms with E-state index >= 15 is 0 Å². The number of para-hydroxylation sites is 1. The summed E-state index contributed by atoms with van der Waals surface area (Å²) in [6.45, 7) is 0. The summed E-state index contributed by atoms with van der Waals surface area (Å²) in [6, 6.07) is 6.95. The highest BCUT2D eigenvalue weighted by atomic mass is 16.5. The van der Waals surface area contributed by atoms with Crippen LogP contribution in [0, 0.1) is 0 Å². The van der Waals surface area contributed by atoms with Gasteiger partial charge in [-0.05, 0) is 6.07 Å². The number of methoxy groups -OCH3 is 1. The minimum Gasteiger partial charge on any atom is -0.468 e. The first-order chi connectivity index (χ1) is 7.24. The van der Waals surface area contributed by atoms with Crippen molar-refractivity contribution in [3.63, 3.8) is 0 Å². The predicted octanol–water partition coefficient (Wildman–Crippen LogP) is 1.34. The SMILES string of the molecule is COC(=O)C(N)c1c[nH]c2ccccc12.